The second-order valence-electron chi connectivity index (χ2n) is 5.04. The lowest BCUT2D eigenvalue weighted by molar-refractivity contribution is 0.0957. The van der Waals surface area contributed by atoms with E-state index in [0.29, 0.717) is 41.6 Å². The van der Waals surface area contributed by atoms with Crippen LogP contribution in [0.2, 0.25) is 0 Å². The topological polar surface area (TPSA) is 98.0 Å². The van der Waals surface area contributed by atoms with Gasteiger partial charge in [-0.2, -0.15) is 0 Å². The van der Waals surface area contributed by atoms with Gasteiger partial charge < -0.3 is 25.8 Å². The van der Waals surface area contributed by atoms with E-state index in [2.05, 4.69) is 15.6 Å². The molecule has 4 N–H and O–H groups in total. The Labute approximate surface area is 150 Å². The second kappa shape index (κ2) is 9.53. The lowest BCUT2D eigenvalue weighted by Gasteiger charge is -2.12. The molecule has 0 aliphatic heterocycles. The number of hydrogen-bond acceptors (Lipinski definition) is 5. The van der Waals surface area contributed by atoms with Crippen LogP contribution in [-0.4, -0.2) is 39.2 Å². The average Bonchev–Trinajstić information content (AvgIpc) is 3.16. The van der Waals surface area contributed by atoms with Crippen LogP contribution in [0.5, 0.6) is 11.5 Å². The standard InChI is InChI=1S/C17H22N4O3S/c1-23-12-6-7-14(24-2)13(11-12)21-17(18)20-9-4-8-19-16(22)15-5-3-10-25-15/h3,5-7,10-11H,4,8-9H2,1-2H3,(H,19,22)(H3,18,20,21). The van der Waals surface area contributed by atoms with E-state index in [1.165, 1.54) is 11.3 Å². The summed E-state index contributed by atoms with van der Waals surface area (Å²) in [5.41, 5.74) is 6.57. The van der Waals surface area contributed by atoms with Gasteiger partial charge in [-0.3, -0.25) is 9.79 Å². The highest BCUT2D eigenvalue weighted by molar-refractivity contribution is 7.12. The molecule has 0 spiro atoms. The van der Waals surface area contributed by atoms with E-state index in [4.69, 9.17) is 15.2 Å². The van der Waals surface area contributed by atoms with Gasteiger partial charge in [-0.15, -0.1) is 11.3 Å². The van der Waals surface area contributed by atoms with Crippen molar-refractivity contribution in [2.45, 2.75) is 6.42 Å². The summed E-state index contributed by atoms with van der Waals surface area (Å²) in [6.45, 7) is 1.03. The smallest absolute Gasteiger partial charge is 0.261 e. The number of nitrogens with two attached hydrogens (primary N) is 1. The van der Waals surface area contributed by atoms with E-state index in [1.807, 2.05) is 11.4 Å². The van der Waals surface area contributed by atoms with E-state index in [-0.39, 0.29) is 11.9 Å². The first-order chi connectivity index (χ1) is 12.1. The molecule has 8 heteroatoms. The number of carbonyl (C=O) groups excluding carboxylic acids is 1. The van der Waals surface area contributed by atoms with Crippen LogP contribution in [0.4, 0.5) is 5.69 Å². The van der Waals surface area contributed by atoms with Crippen molar-refractivity contribution >= 4 is 28.9 Å². The van der Waals surface area contributed by atoms with Crippen LogP contribution >= 0.6 is 11.3 Å². The molecule has 0 atom stereocenters. The molecule has 25 heavy (non-hydrogen) atoms. The quantitative estimate of drug-likeness (QED) is 0.380. The Balaban J connectivity index is 1.79. The highest BCUT2D eigenvalue weighted by Gasteiger charge is 2.06. The Morgan fingerprint density at radius 1 is 1.28 bits per heavy atom. The summed E-state index contributed by atoms with van der Waals surface area (Å²) in [7, 11) is 3.17. The van der Waals surface area contributed by atoms with Crippen LogP contribution in [0.15, 0.2) is 40.7 Å². The molecule has 0 bridgehead atoms. The summed E-state index contributed by atoms with van der Waals surface area (Å²) in [6.07, 6.45) is 0.689. The molecule has 0 fully saturated rings. The van der Waals surface area contributed by atoms with Gasteiger partial charge in [-0.1, -0.05) is 6.07 Å². The molecular weight excluding hydrogens is 340 g/mol. The maximum Gasteiger partial charge on any atom is 0.261 e. The zero-order chi connectivity index (χ0) is 18.1. The largest absolute Gasteiger partial charge is 0.497 e. The predicted octanol–water partition coefficient (Wildman–Crippen LogP) is 2.31. The molecule has 0 saturated carbocycles. The average molecular weight is 362 g/mol. The van der Waals surface area contributed by atoms with E-state index in [1.54, 1.807) is 38.5 Å². The van der Waals surface area contributed by atoms with E-state index in [0.717, 1.165) is 0 Å². The van der Waals surface area contributed by atoms with E-state index < -0.39 is 0 Å². The van der Waals surface area contributed by atoms with Gasteiger partial charge in [0, 0.05) is 19.2 Å². The molecule has 1 amide bonds. The minimum absolute atomic E-state index is 0.0637. The van der Waals surface area contributed by atoms with Gasteiger partial charge in [0.05, 0.1) is 24.8 Å². The number of amides is 1. The van der Waals surface area contributed by atoms with Gasteiger partial charge in [-0.25, -0.2) is 0 Å². The molecule has 0 unspecified atom stereocenters. The highest BCUT2D eigenvalue weighted by atomic mass is 32.1. The molecule has 134 valence electrons. The molecular formula is C17H22N4O3S. The zero-order valence-electron chi connectivity index (χ0n) is 14.2. The van der Waals surface area contributed by atoms with Gasteiger partial charge in [-0.05, 0) is 30.0 Å². The van der Waals surface area contributed by atoms with Crippen LogP contribution < -0.4 is 25.8 Å². The van der Waals surface area contributed by atoms with Crippen LogP contribution in [0, 0.1) is 0 Å². The highest BCUT2D eigenvalue weighted by Crippen LogP contribution is 2.28. The lowest BCUT2D eigenvalue weighted by atomic mass is 10.2. The fraction of sp³-hybridized carbons (Fsp3) is 0.294. The number of rotatable bonds is 8. The first-order valence-corrected chi connectivity index (χ1v) is 8.62. The number of carbonyl (C=O) groups is 1. The maximum absolute atomic E-state index is 11.8. The number of aliphatic imine (C=N–C) groups is 1. The molecule has 0 aliphatic carbocycles. The van der Waals surface area contributed by atoms with Crippen molar-refractivity contribution in [3.63, 3.8) is 0 Å². The van der Waals surface area contributed by atoms with Crippen LogP contribution in [0.25, 0.3) is 0 Å². The SMILES string of the molecule is COc1ccc(OC)c(NC(N)=NCCCNC(=O)c2cccs2)c1. The Morgan fingerprint density at radius 2 is 2.12 bits per heavy atom. The fourth-order valence-corrected chi connectivity index (χ4v) is 2.70. The number of hydrogen-bond donors (Lipinski definition) is 3. The van der Waals surface area contributed by atoms with Crippen molar-refractivity contribution in [3.05, 3.63) is 40.6 Å². The third-order valence-corrected chi connectivity index (χ3v) is 4.19. The molecule has 0 radical (unpaired) electrons. The number of guanidine groups is 1. The van der Waals surface area contributed by atoms with Crippen LogP contribution in [0.3, 0.4) is 0 Å². The van der Waals surface area contributed by atoms with Gasteiger partial charge in [0.2, 0.25) is 0 Å². The third-order valence-electron chi connectivity index (χ3n) is 3.32. The summed E-state index contributed by atoms with van der Waals surface area (Å²) in [4.78, 5) is 16.7. The normalized spacial score (nSPS) is 11.0. The molecule has 2 rings (SSSR count). The van der Waals surface area contributed by atoms with Crippen molar-refractivity contribution in [2.75, 3.05) is 32.6 Å². The second-order valence-corrected chi connectivity index (χ2v) is 5.99. The van der Waals surface area contributed by atoms with Crippen molar-refractivity contribution in [2.24, 2.45) is 10.7 Å². The Bertz CT molecular complexity index is 717. The van der Waals surface area contributed by atoms with Gasteiger partial charge in [0.15, 0.2) is 5.96 Å². The van der Waals surface area contributed by atoms with Gasteiger partial charge in [0.25, 0.3) is 5.91 Å². The van der Waals surface area contributed by atoms with E-state index in [9.17, 15) is 4.79 Å². The van der Waals surface area contributed by atoms with Gasteiger partial charge >= 0.3 is 0 Å². The minimum Gasteiger partial charge on any atom is -0.497 e. The van der Waals surface area contributed by atoms with Crippen LogP contribution in [0.1, 0.15) is 16.1 Å². The number of benzene rings is 1. The van der Waals surface area contributed by atoms with Crippen molar-refractivity contribution in [1.29, 1.82) is 0 Å². The molecule has 2 aromatic rings. The molecule has 0 aliphatic rings. The predicted molar refractivity (Wildman–Crippen MR) is 101 cm³/mol. The Kier molecular flexibility index (Phi) is 7.09. The number of nitrogens with one attached hydrogen (secondary N) is 2. The minimum atomic E-state index is -0.0637. The van der Waals surface area contributed by atoms with Crippen LogP contribution in [-0.2, 0) is 0 Å². The Morgan fingerprint density at radius 3 is 2.80 bits per heavy atom. The number of thiophene rings is 1. The van der Waals surface area contributed by atoms with Crippen molar-refractivity contribution in [3.8, 4) is 11.5 Å². The van der Waals surface area contributed by atoms with Crippen molar-refractivity contribution in [1.82, 2.24) is 5.32 Å². The Hall–Kier alpha value is -2.74. The third kappa shape index (κ3) is 5.68. The number of methoxy groups -OCH3 is 2. The molecule has 1 heterocycles. The maximum atomic E-state index is 11.8. The molecule has 7 nitrogen and oxygen atoms in total. The summed E-state index contributed by atoms with van der Waals surface area (Å²) in [5.74, 6) is 1.54. The van der Waals surface area contributed by atoms with Crippen molar-refractivity contribution < 1.29 is 14.3 Å². The number of anilines is 1. The summed E-state index contributed by atoms with van der Waals surface area (Å²) >= 11 is 1.42. The summed E-state index contributed by atoms with van der Waals surface area (Å²) in [5, 5.41) is 7.71. The molecule has 0 saturated heterocycles. The first kappa shape index (κ1) is 18.6. The summed E-state index contributed by atoms with van der Waals surface area (Å²) < 4.78 is 10.5. The molecule has 1 aromatic heterocycles. The number of ether oxygens (including phenoxy) is 2. The van der Waals surface area contributed by atoms with E-state index >= 15 is 0 Å². The lowest BCUT2D eigenvalue weighted by Crippen LogP contribution is -2.25. The number of nitrogens with zero attached hydrogens (tertiary/aromatic N) is 1. The fourth-order valence-electron chi connectivity index (χ4n) is 2.06. The summed E-state index contributed by atoms with van der Waals surface area (Å²) in [6, 6.07) is 9.01. The molecule has 1 aromatic carbocycles. The zero-order valence-corrected chi connectivity index (χ0v) is 15.1. The first-order valence-electron chi connectivity index (χ1n) is 7.74. The monoisotopic (exact) mass is 362 g/mol. The van der Waals surface area contributed by atoms with Gasteiger partial charge in [0.1, 0.15) is 11.5 Å².